The number of carbonyl (C=O) groups excluding carboxylic acids is 1. The van der Waals surface area contributed by atoms with Crippen LogP contribution >= 0.6 is 11.6 Å². The van der Waals surface area contributed by atoms with E-state index in [1.165, 1.54) is 6.20 Å². The third kappa shape index (κ3) is 4.53. The Balaban J connectivity index is 1.73. The number of carbonyl (C=O) groups is 1. The maximum atomic E-state index is 12.8. The van der Waals surface area contributed by atoms with Crippen LogP contribution in [-0.2, 0) is 6.18 Å². The highest BCUT2D eigenvalue weighted by Gasteiger charge is 2.33. The molecule has 150 valence electrons. The number of alkyl halides is 3. The first-order chi connectivity index (χ1) is 13.1. The van der Waals surface area contributed by atoms with Gasteiger partial charge in [0.05, 0.1) is 21.8 Å². The number of amides is 1. The van der Waals surface area contributed by atoms with Crippen molar-refractivity contribution in [2.24, 2.45) is 0 Å². The number of nitrogens with zero attached hydrogens (tertiary/aromatic N) is 4. The van der Waals surface area contributed by atoms with Gasteiger partial charge in [-0.1, -0.05) is 11.6 Å². The summed E-state index contributed by atoms with van der Waals surface area (Å²) in [4.78, 5) is 25.4. The lowest BCUT2D eigenvalue weighted by Crippen LogP contribution is -2.45. The molecule has 1 aromatic heterocycles. The van der Waals surface area contributed by atoms with Crippen molar-refractivity contribution in [3.63, 3.8) is 0 Å². The molecule has 28 heavy (non-hydrogen) atoms. The van der Waals surface area contributed by atoms with Crippen molar-refractivity contribution in [2.45, 2.75) is 13.1 Å². The van der Waals surface area contributed by atoms with Gasteiger partial charge in [-0.3, -0.25) is 4.79 Å². The first-order valence-corrected chi connectivity index (χ1v) is 8.98. The molecule has 6 nitrogen and oxygen atoms in total. The Morgan fingerprint density at radius 1 is 1.21 bits per heavy atom. The van der Waals surface area contributed by atoms with Crippen molar-refractivity contribution in [2.75, 3.05) is 43.4 Å². The number of aromatic nitrogens is 2. The van der Waals surface area contributed by atoms with Crippen LogP contribution in [0.15, 0.2) is 24.4 Å². The number of halogens is 4. The van der Waals surface area contributed by atoms with Gasteiger partial charge in [0.15, 0.2) is 0 Å². The summed E-state index contributed by atoms with van der Waals surface area (Å²) in [6, 6.07) is 3.05. The van der Waals surface area contributed by atoms with E-state index in [1.54, 1.807) is 6.92 Å². The van der Waals surface area contributed by atoms with E-state index in [0.717, 1.165) is 44.4 Å². The van der Waals surface area contributed by atoms with Crippen LogP contribution in [0.25, 0.3) is 0 Å². The van der Waals surface area contributed by atoms with Crippen LogP contribution in [-0.4, -0.2) is 54.0 Å². The summed E-state index contributed by atoms with van der Waals surface area (Å²) >= 11 is 5.69. The lowest BCUT2D eigenvalue weighted by Gasteiger charge is -2.32. The van der Waals surface area contributed by atoms with Gasteiger partial charge in [0, 0.05) is 38.1 Å². The third-order valence-corrected chi connectivity index (χ3v) is 4.84. The normalized spacial score (nSPS) is 15.6. The quantitative estimate of drug-likeness (QED) is 0.835. The highest BCUT2D eigenvalue weighted by Crippen LogP contribution is 2.35. The number of anilines is 2. The van der Waals surface area contributed by atoms with Gasteiger partial charge in [0.25, 0.3) is 5.91 Å². The number of likely N-dealkylation sites (N-methyl/N-ethyl adjacent to an activating group) is 1. The summed E-state index contributed by atoms with van der Waals surface area (Å²) in [7, 11) is 2.05. The average Bonchev–Trinajstić information content (AvgIpc) is 2.61. The fraction of sp³-hybridized carbons (Fsp3) is 0.389. The molecule has 0 atom stereocenters. The molecule has 2 aromatic rings. The van der Waals surface area contributed by atoms with Crippen LogP contribution in [0, 0.1) is 6.92 Å². The Morgan fingerprint density at radius 3 is 2.46 bits per heavy atom. The Morgan fingerprint density at radius 2 is 1.89 bits per heavy atom. The predicted octanol–water partition coefficient (Wildman–Crippen LogP) is 3.46. The molecule has 1 amide bonds. The summed E-state index contributed by atoms with van der Waals surface area (Å²) in [5.41, 5.74) is -0.0675. The molecule has 0 spiro atoms. The molecule has 1 N–H and O–H groups in total. The van der Waals surface area contributed by atoms with E-state index in [-0.39, 0.29) is 11.3 Å². The molecule has 1 fully saturated rings. The number of benzene rings is 1. The van der Waals surface area contributed by atoms with Crippen molar-refractivity contribution in [3.05, 3.63) is 46.2 Å². The van der Waals surface area contributed by atoms with E-state index in [4.69, 9.17) is 11.6 Å². The first-order valence-electron chi connectivity index (χ1n) is 8.60. The predicted molar refractivity (Wildman–Crippen MR) is 101 cm³/mol. The number of hydrogen-bond donors (Lipinski definition) is 1. The van der Waals surface area contributed by atoms with Gasteiger partial charge in [0.1, 0.15) is 0 Å². The Hall–Kier alpha value is -2.39. The summed E-state index contributed by atoms with van der Waals surface area (Å²) in [5.74, 6) is 0.0398. The largest absolute Gasteiger partial charge is 0.417 e. The summed E-state index contributed by atoms with van der Waals surface area (Å²) < 4.78 is 38.3. The molecule has 0 aliphatic carbocycles. The van der Waals surface area contributed by atoms with Gasteiger partial charge in [0.2, 0.25) is 5.95 Å². The minimum absolute atomic E-state index is 0.158. The molecule has 10 heteroatoms. The highest BCUT2D eigenvalue weighted by molar-refractivity contribution is 6.31. The van der Waals surface area contributed by atoms with Crippen molar-refractivity contribution >= 4 is 29.1 Å². The maximum absolute atomic E-state index is 12.8. The third-order valence-electron chi connectivity index (χ3n) is 4.53. The molecule has 0 unspecified atom stereocenters. The Labute approximate surface area is 165 Å². The molecule has 0 bridgehead atoms. The van der Waals surface area contributed by atoms with Crippen molar-refractivity contribution in [1.82, 2.24) is 14.9 Å². The molecule has 1 aliphatic heterocycles. The van der Waals surface area contributed by atoms with Gasteiger partial charge in [-0.05, 0) is 32.2 Å². The van der Waals surface area contributed by atoms with E-state index in [1.807, 2.05) is 11.9 Å². The number of nitrogens with one attached hydrogen (secondary N) is 1. The zero-order valence-corrected chi connectivity index (χ0v) is 16.1. The van der Waals surface area contributed by atoms with E-state index < -0.39 is 22.7 Å². The smallest absolute Gasteiger partial charge is 0.338 e. The topological polar surface area (TPSA) is 61.4 Å². The van der Waals surface area contributed by atoms with Crippen LogP contribution < -0.4 is 10.2 Å². The number of aryl methyl sites for hydroxylation is 1. The maximum Gasteiger partial charge on any atom is 0.417 e. The van der Waals surface area contributed by atoms with Crippen molar-refractivity contribution in [3.8, 4) is 0 Å². The SMILES string of the molecule is Cc1nc(N2CCN(C)CC2)ncc1C(=O)Nc1ccc(C(F)(F)F)c(Cl)c1. The van der Waals surface area contributed by atoms with Crippen LogP contribution in [0.3, 0.4) is 0 Å². The van der Waals surface area contributed by atoms with Crippen LogP contribution in [0.1, 0.15) is 21.6 Å². The molecule has 3 rings (SSSR count). The summed E-state index contributed by atoms with van der Waals surface area (Å²) in [6.07, 6.45) is -3.12. The molecule has 0 radical (unpaired) electrons. The molecule has 1 aliphatic rings. The molecule has 1 aromatic carbocycles. The van der Waals surface area contributed by atoms with Gasteiger partial charge in [-0.25, -0.2) is 9.97 Å². The number of rotatable bonds is 3. The zero-order valence-electron chi connectivity index (χ0n) is 15.3. The lowest BCUT2D eigenvalue weighted by atomic mass is 10.2. The highest BCUT2D eigenvalue weighted by atomic mass is 35.5. The minimum Gasteiger partial charge on any atom is -0.338 e. The number of piperazine rings is 1. The second-order valence-corrected chi connectivity index (χ2v) is 7.01. The van der Waals surface area contributed by atoms with Gasteiger partial charge in [-0.2, -0.15) is 13.2 Å². The molecular weight excluding hydrogens is 395 g/mol. The van der Waals surface area contributed by atoms with E-state index in [9.17, 15) is 18.0 Å². The number of hydrogen-bond acceptors (Lipinski definition) is 5. The summed E-state index contributed by atoms with van der Waals surface area (Å²) in [5, 5.41) is 2.05. The van der Waals surface area contributed by atoms with Crippen LogP contribution in [0.4, 0.5) is 24.8 Å². The monoisotopic (exact) mass is 413 g/mol. The molecule has 1 saturated heterocycles. The lowest BCUT2D eigenvalue weighted by molar-refractivity contribution is -0.137. The molecule has 0 saturated carbocycles. The van der Waals surface area contributed by atoms with Gasteiger partial charge in [-0.15, -0.1) is 0 Å². The van der Waals surface area contributed by atoms with Crippen molar-refractivity contribution < 1.29 is 18.0 Å². The molecule has 2 heterocycles. The van der Waals surface area contributed by atoms with Gasteiger partial charge >= 0.3 is 6.18 Å². The standard InChI is InChI=1S/C18H19ClF3N5O/c1-11-13(10-23-17(24-11)27-7-5-26(2)6-8-27)16(28)25-12-3-4-14(15(19)9-12)18(20,21)22/h3-4,9-10H,5-8H2,1-2H3,(H,25,28). The van der Waals surface area contributed by atoms with Crippen molar-refractivity contribution in [1.29, 1.82) is 0 Å². The van der Waals surface area contributed by atoms with E-state index >= 15 is 0 Å². The van der Waals surface area contributed by atoms with Crippen LogP contribution in [0.2, 0.25) is 5.02 Å². The minimum atomic E-state index is -4.55. The molecular formula is C18H19ClF3N5O. The van der Waals surface area contributed by atoms with Gasteiger partial charge < -0.3 is 15.1 Å². The Bertz CT molecular complexity index is 882. The second-order valence-electron chi connectivity index (χ2n) is 6.61. The fourth-order valence-corrected chi connectivity index (χ4v) is 3.15. The second kappa shape index (κ2) is 7.92. The Kier molecular flexibility index (Phi) is 5.76. The van der Waals surface area contributed by atoms with E-state index in [0.29, 0.717) is 11.6 Å². The van der Waals surface area contributed by atoms with Crippen LogP contribution in [0.5, 0.6) is 0 Å². The fourth-order valence-electron chi connectivity index (χ4n) is 2.86. The first kappa shape index (κ1) is 20.3. The zero-order chi connectivity index (χ0) is 20.5. The van der Waals surface area contributed by atoms with E-state index in [2.05, 4.69) is 20.2 Å². The average molecular weight is 414 g/mol. The summed E-state index contributed by atoms with van der Waals surface area (Å²) in [6.45, 7) is 5.09.